The molecule has 0 atom stereocenters. The zero-order valence-corrected chi connectivity index (χ0v) is 11.6. The molecule has 0 spiro atoms. The van der Waals surface area contributed by atoms with E-state index < -0.39 is 5.60 Å². The van der Waals surface area contributed by atoms with Crippen LogP contribution in [0.1, 0.15) is 20.8 Å². The Labute approximate surface area is 113 Å². The topological polar surface area (TPSA) is 75.3 Å². The van der Waals surface area contributed by atoms with Crippen LogP contribution in [0.5, 0.6) is 0 Å². The summed E-state index contributed by atoms with van der Waals surface area (Å²) >= 11 is 0. The SMILES string of the molecule is CCN(CC(C)(C)O)c1ncnc2ccc(N)cc12. The van der Waals surface area contributed by atoms with Gasteiger partial charge in [0.1, 0.15) is 12.1 Å². The molecule has 0 bridgehead atoms. The number of rotatable bonds is 4. The van der Waals surface area contributed by atoms with Crippen LogP contribution in [-0.2, 0) is 0 Å². The molecule has 0 saturated heterocycles. The smallest absolute Gasteiger partial charge is 0.140 e. The maximum absolute atomic E-state index is 10.00. The quantitative estimate of drug-likeness (QED) is 0.820. The van der Waals surface area contributed by atoms with E-state index in [1.807, 2.05) is 30.0 Å². The van der Waals surface area contributed by atoms with Gasteiger partial charge >= 0.3 is 0 Å². The molecule has 0 aliphatic carbocycles. The number of hydrogen-bond donors (Lipinski definition) is 2. The molecule has 0 unspecified atom stereocenters. The Hall–Kier alpha value is -1.88. The third-order valence-corrected chi connectivity index (χ3v) is 2.90. The molecule has 2 aromatic rings. The minimum Gasteiger partial charge on any atom is -0.399 e. The number of nitrogens with zero attached hydrogens (tertiary/aromatic N) is 3. The van der Waals surface area contributed by atoms with Crippen LogP contribution in [0.3, 0.4) is 0 Å². The van der Waals surface area contributed by atoms with E-state index in [0.717, 1.165) is 23.3 Å². The minimum absolute atomic E-state index is 0.504. The summed E-state index contributed by atoms with van der Waals surface area (Å²) in [6.07, 6.45) is 1.54. The Kier molecular flexibility index (Phi) is 3.57. The number of hydrogen-bond acceptors (Lipinski definition) is 5. The molecular formula is C14H20N4O. The number of nitrogens with two attached hydrogens (primary N) is 1. The maximum Gasteiger partial charge on any atom is 0.140 e. The molecule has 1 aromatic heterocycles. The first-order valence-corrected chi connectivity index (χ1v) is 6.38. The summed E-state index contributed by atoms with van der Waals surface area (Å²) < 4.78 is 0. The lowest BCUT2D eigenvalue weighted by Crippen LogP contribution is -2.39. The first kappa shape index (κ1) is 13.5. The molecular weight excluding hydrogens is 240 g/mol. The van der Waals surface area contributed by atoms with Crippen molar-refractivity contribution in [1.82, 2.24) is 9.97 Å². The number of fused-ring (bicyclic) bond motifs is 1. The summed E-state index contributed by atoms with van der Waals surface area (Å²) in [7, 11) is 0. The third-order valence-electron chi connectivity index (χ3n) is 2.90. The fourth-order valence-electron chi connectivity index (χ4n) is 2.12. The van der Waals surface area contributed by atoms with E-state index in [-0.39, 0.29) is 0 Å². The van der Waals surface area contributed by atoms with Crippen molar-refractivity contribution < 1.29 is 5.11 Å². The Morgan fingerprint density at radius 2 is 2.05 bits per heavy atom. The van der Waals surface area contributed by atoms with Crippen LogP contribution in [0.2, 0.25) is 0 Å². The van der Waals surface area contributed by atoms with Crippen LogP contribution in [-0.4, -0.2) is 33.8 Å². The zero-order chi connectivity index (χ0) is 14.0. The minimum atomic E-state index is -0.784. The number of benzene rings is 1. The second-order valence-electron chi connectivity index (χ2n) is 5.30. The van der Waals surface area contributed by atoms with Gasteiger partial charge in [0.25, 0.3) is 0 Å². The molecule has 102 valence electrons. The molecule has 0 radical (unpaired) electrons. The molecule has 1 aromatic carbocycles. The van der Waals surface area contributed by atoms with Gasteiger partial charge in [-0.05, 0) is 39.0 Å². The van der Waals surface area contributed by atoms with E-state index in [0.29, 0.717) is 12.2 Å². The monoisotopic (exact) mass is 260 g/mol. The van der Waals surface area contributed by atoms with Crippen molar-refractivity contribution in [3.63, 3.8) is 0 Å². The van der Waals surface area contributed by atoms with Gasteiger partial charge in [0.05, 0.1) is 11.1 Å². The van der Waals surface area contributed by atoms with Gasteiger partial charge in [-0.2, -0.15) is 0 Å². The molecule has 5 nitrogen and oxygen atoms in total. The van der Waals surface area contributed by atoms with Crippen LogP contribution in [0.25, 0.3) is 10.9 Å². The van der Waals surface area contributed by atoms with Crippen LogP contribution >= 0.6 is 0 Å². The number of aliphatic hydroxyl groups is 1. The number of likely N-dealkylation sites (N-methyl/N-ethyl adjacent to an activating group) is 1. The highest BCUT2D eigenvalue weighted by Gasteiger charge is 2.20. The van der Waals surface area contributed by atoms with Gasteiger partial charge < -0.3 is 15.7 Å². The molecule has 19 heavy (non-hydrogen) atoms. The van der Waals surface area contributed by atoms with E-state index in [9.17, 15) is 5.11 Å². The highest BCUT2D eigenvalue weighted by molar-refractivity contribution is 5.91. The van der Waals surface area contributed by atoms with E-state index in [4.69, 9.17) is 5.73 Å². The average molecular weight is 260 g/mol. The third kappa shape index (κ3) is 3.12. The summed E-state index contributed by atoms with van der Waals surface area (Å²) in [5, 5.41) is 10.9. The molecule has 0 aliphatic heterocycles. The van der Waals surface area contributed by atoms with E-state index >= 15 is 0 Å². The van der Waals surface area contributed by atoms with Crippen LogP contribution < -0.4 is 10.6 Å². The van der Waals surface area contributed by atoms with Gasteiger partial charge in [0, 0.05) is 24.2 Å². The fraction of sp³-hybridized carbons (Fsp3) is 0.429. The van der Waals surface area contributed by atoms with Crippen molar-refractivity contribution in [1.29, 1.82) is 0 Å². The van der Waals surface area contributed by atoms with Crippen molar-refractivity contribution in [2.45, 2.75) is 26.4 Å². The van der Waals surface area contributed by atoms with Crippen molar-refractivity contribution >= 4 is 22.4 Å². The van der Waals surface area contributed by atoms with Crippen molar-refractivity contribution in [3.05, 3.63) is 24.5 Å². The largest absolute Gasteiger partial charge is 0.399 e. The maximum atomic E-state index is 10.00. The predicted octanol–water partition coefficient (Wildman–Crippen LogP) is 1.81. The average Bonchev–Trinajstić information content (AvgIpc) is 2.34. The standard InChI is InChI=1S/C14H20N4O/c1-4-18(8-14(2,3)19)13-11-7-10(15)5-6-12(11)16-9-17-13/h5-7,9,19H,4,8,15H2,1-3H3. The summed E-state index contributed by atoms with van der Waals surface area (Å²) in [5.74, 6) is 0.807. The van der Waals surface area contributed by atoms with Crippen molar-refractivity contribution in [2.24, 2.45) is 0 Å². The molecule has 0 fully saturated rings. The van der Waals surface area contributed by atoms with Crippen molar-refractivity contribution in [3.8, 4) is 0 Å². The Balaban J connectivity index is 2.50. The lowest BCUT2D eigenvalue weighted by atomic mass is 10.1. The fourth-order valence-corrected chi connectivity index (χ4v) is 2.12. The molecule has 1 heterocycles. The molecule has 0 saturated carbocycles. The van der Waals surface area contributed by atoms with Gasteiger partial charge in [-0.15, -0.1) is 0 Å². The molecule has 3 N–H and O–H groups in total. The van der Waals surface area contributed by atoms with Gasteiger partial charge in [-0.3, -0.25) is 0 Å². The van der Waals surface area contributed by atoms with Gasteiger partial charge in [0.15, 0.2) is 0 Å². The van der Waals surface area contributed by atoms with E-state index in [1.165, 1.54) is 0 Å². The first-order valence-electron chi connectivity index (χ1n) is 6.38. The summed E-state index contributed by atoms with van der Waals surface area (Å²) in [5.41, 5.74) is 6.59. The Morgan fingerprint density at radius 1 is 1.32 bits per heavy atom. The van der Waals surface area contributed by atoms with Crippen molar-refractivity contribution in [2.75, 3.05) is 23.7 Å². The van der Waals surface area contributed by atoms with Crippen LogP contribution in [0.15, 0.2) is 24.5 Å². The van der Waals surface area contributed by atoms with Gasteiger partial charge in [-0.1, -0.05) is 0 Å². The normalized spacial score (nSPS) is 11.8. The summed E-state index contributed by atoms with van der Waals surface area (Å²) in [6, 6.07) is 5.58. The zero-order valence-electron chi connectivity index (χ0n) is 11.6. The van der Waals surface area contributed by atoms with Gasteiger partial charge in [0.2, 0.25) is 0 Å². The first-order chi connectivity index (χ1) is 8.90. The second-order valence-corrected chi connectivity index (χ2v) is 5.30. The predicted molar refractivity (Wildman–Crippen MR) is 78.1 cm³/mol. The summed E-state index contributed by atoms with van der Waals surface area (Å²) in [4.78, 5) is 10.6. The van der Waals surface area contributed by atoms with E-state index in [1.54, 1.807) is 20.2 Å². The molecule has 5 heteroatoms. The number of anilines is 2. The lowest BCUT2D eigenvalue weighted by Gasteiger charge is -2.29. The Morgan fingerprint density at radius 3 is 2.68 bits per heavy atom. The highest BCUT2D eigenvalue weighted by atomic mass is 16.3. The number of nitrogen functional groups attached to an aromatic ring is 1. The van der Waals surface area contributed by atoms with Gasteiger partial charge in [-0.25, -0.2) is 9.97 Å². The molecule has 2 rings (SSSR count). The highest BCUT2D eigenvalue weighted by Crippen LogP contribution is 2.25. The lowest BCUT2D eigenvalue weighted by molar-refractivity contribution is 0.0875. The van der Waals surface area contributed by atoms with Crippen LogP contribution in [0, 0.1) is 0 Å². The van der Waals surface area contributed by atoms with Crippen LogP contribution in [0.4, 0.5) is 11.5 Å². The summed E-state index contributed by atoms with van der Waals surface area (Å²) in [6.45, 7) is 6.86. The van der Waals surface area contributed by atoms with E-state index in [2.05, 4.69) is 9.97 Å². The number of aromatic nitrogens is 2. The second kappa shape index (κ2) is 5.01. The Bertz CT molecular complexity index is 577. The molecule has 0 aliphatic rings. The molecule has 0 amide bonds.